The van der Waals surface area contributed by atoms with Crippen molar-refractivity contribution in [3.8, 4) is 11.5 Å². The van der Waals surface area contributed by atoms with Crippen LogP contribution in [0.1, 0.15) is 11.7 Å². The van der Waals surface area contributed by atoms with E-state index in [-0.39, 0.29) is 0 Å². The van der Waals surface area contributed by atoms with E-state index in [1.807, 2.05) is 16.7 Å². The normalized spacial score (nSPS) is 12.3. The summed E-state index contributed by atoms with van der Waals surface area (Å²) in [6.45, 7) is 0.367. The molecule has 1 N–H and O–H groups in total. The molecule has 3 rings (SSSR count). The number of aromatic nitrogens is 4. The van der Waals surface area contributed by atoms with Gasteiger partial charge in [-0.3, -0.25) is 4.98 Å². The van der Waals surface area contributed by atoms with Crippen LogP contribution in [0.4, 0.5) is 0 Å². The minimum atomic E-state index is -0.673. The maximum Gasteiger partial charge on any atom is 0.160 e. The van der Waals surface area contributed by atoms with E-state index in [0.717, 1.165) is 5.56 Å². The Morgan fingerprint density at radius 3 is 2.86 bits per heavy atom. The predicted octanol–water partition coefficient (Wildman–Crippen LogP) is 2.73. The van der Waals surface area contributed by atoms with Crippen LogP contribution in [0.3, 0.4) is 0 Å². The standard InChI is InChI=1S/C15H13ClN4O/c16-12-3-1-2-11(8-12)14(21)10-20-7-6-19-15(20)13-9-17-4-5-18-13/h1-9,14,21H,10H2/t14-/m0/s1. The largest absolute Gasteiger partial charge is 0.387 e. The third kappa shape index (κ3) is 3.09. The molecule has 0 bridgehead atoms. The van der Waals surface area contributed by atoms with Gasteiger partial charge in [0.2, 0.25) is 0 Å². The zero-order valence-corrected chi connectivity index (χ0v) is 11.9. The maximum atomic E-state index is 10.3. The molecule has 0 saturated heterocycles. The molecule has 2 heterocycles. The highest BCUT2D eigenvalue weighted by Crippen LogP contribution is 2.21. The first-order chi connectivity index (χ1) is 10.2. The van der Waals surface area contributed by atoms with Gasteiger partial charge in [-0.2, -0.15) is 0 Å². The van der Waals surface area contributed by atoms with Crippen LogP contribution >= 0.6 is 11.6 Å². The SMILES string of the molecule is O[C@@H](Cn1ccnc1-c1cnccn1)c1cccc(Cl)c1. The fraction of sp³-hybridized carbons (Fsp3) is 0.133. The van der Waals surface area contributed by atoms with Gasteiger partial charge in [0.25, 0.3) is 0 Å². The summed E-state index contributed by atoms with van der Waals surface area (Å²) in [7, 11) is 0. The third-order valence-electron chi connectivity index (χ3n) is 3.11. The Morgan fingerprint density at radius 1 is 1.19 bits per heavy atom. The zero-order valence-electron chi connectivity index (χ0n) is 11.1. The molecule has 106 valence electrons. The highest BCUT2D eigenvalue weighted by molar-refractivity contribution is 6.30. The predicted molar refractivity (Wildman–Crippen MR) is 79.7 cm³/mol. The summed E-state index contributed by atoms with van der Waals surface area (Å²) in [6, 6.07) is 7.19. The lowest BCUT2D eigenvalue weighted by Gasteiger charge is -2.14. The van der Waals surface area contributed by atoms with Crippen LogP contribution in [-0.4, -0.2) is 24.6 Å². The molecule has 0 aliphatic carbocycles. The lowest BCUT2D eigenvalue weighted by atomic mass is 10.1. The number of benzene rings is 1. The Kier molecular flexibility index (Phi) is 3.94. The van der Waals surface area contributed by atoms with Crippen molar-refractivity contribution in [1.29, 1.82) is 0 Å². The number of nitrogens with zero attached hydrogens (tertiary/aromatic N) is 4. The number of aliphatic hydroxyl groups excluding tert-OH is 1. The van der Waals surface area contributed by atoms with Gasteiger partial charge in [0, 0.05) is 29.8 Å². The molecule has 6 heteroatoms. The zero-order chi connectivity index (χ0) is 14.7. The number of hydrogen-bond acceptors (Lipinski definition) is 4. The van der Waals surface area contributed by atoms with Crippen LogP contribution in [0.15, 0.2) is 55.2 Å². The topological polar surface area (TPSA) is 63.8 Å². The molecular weight excluding hydrogens is 288 g/mol. The Labute approximate surface area is 126 Å². The van der Waals surface area contributed by atoms with E-state index in [1.54, 1.807) is 43.1 Å². The summed E-state index contributed by atoms with van der Waals surface area (Å²) < 4.78 is 1.84. The summed E-state index contributed by atoms with van der Waals surface area (Å²) >= 11 is 5.95. The number of aliphatic hydroxyl groups is 1. The van der Waals surface area contributed by atoms with Gasteiger partial charge < -0.3 is 9.67 Å². The second-order valence-corrected chi connectivity index (χ2v) is 5.00. The van der Waals surface area contributed by atoms with E-state index in [2.05, 4.69) is 15.0 Å². The van der Waals surface area contributed by atoms with Crippen LogP contribution in [0, 0.1) is 0 Å². The number of imidazole rings is 1. The van der Waals surface area contributed by atoms with Crippen LogP contribution in [0.2, 0.25) is 5.02 Å². The first kappa shape index (κ1) is 13.7. The van der Waals surface area contributed by atoms with Gasteiger partial charge in [-0.25, -0.2) is 9.97 Å². The maximum absolute atomic E-state index is 10.3. The molecule has 5 nitrogen and oxygen atoms in total. The lowest BCUT2D eigenvalue weighted by Crippen LogP contribution is -2.09. The van der Waals surface area contributed by atoms with Crippen LogP contribution < -0.4 is 0 Å². The molecule has 0 amide bonds. The molecule has 0 radical (unpaired) electrons. The summed E-state index contributed by atoms with van der Waals surface area (Å²) in [5, 5.41) is 10.9. The van der Waals surface area contributed by atoms with Gasteiger partial charge in [0.15, 0.2) is 5.82 Å². The van der Waals surface area contributed by atoms with Crippen molar-refractivity contribution in [3.05, 3.63) is 65.8 Å². The van der Waals surface area contributed by atoms with E-state index in [9.17, 15) is 5.11 Å². The molecule has 3 aromatic rings. The summed E-state index contributed by atoms with van der Waals surface area (Å²) in [4.78, 5) is 12.5. The Hall–Kier alpha value is -2.24. The second kappa shape index (κ2) is 6.03. The van der Waals surface area contributed by atoms with E-state index in [4.69, 9.17) is 11.6 Å². The van der Waals surface area contributed by atoms with Crippen molar-refractivity contribution in [2.75, 3.05) is 0 Å². The highest BCUT2D eigenvalue weighted by Gasteiger charge is 2.13. The smallest absolute Gasteiger partial charge is 0.160 e. The lowest BCUT2D eigenvalue weighted by molar-refractivity contribution is 0.157. The summed E-state index contributed by atoms with van der Waals surface area (Å²) in [5.74, 6) is 0.671. The third-order valence-corrected chi connectivity index (χ3v) is 3.35. The van der Waals surface area contributed by atoms with Gasteiger partial charge in [-0.05, 0) is 17.7 Å². The molecule has 21 heavy (non-hydrogen) atoms. The fourth-order valence-corrected chi connectivity index (χ4v) is 2.31. The van der Waals surface area contributed by atoms with Crippen molar-refractivity contribution >= 4 is 11.6 Å². The van der Waals surface area contributed by atoms with Crippen molar-refractivity contribution in [2.24, 2.45) is 0 Å². The van der Waals surface area contributed by atoms with E-state index >= 15 is 0 Å². The van der Waals surface area contributed by atoms with Crippen molar-refractivity contribution in [2.45, 2.75) is 12.6 Å². The summed E-state index contributed by atoms with van der Waals surface area (Å²) in [5.41, 5.74) is 1.43. The van der Waals surface area contributed by atoms with Gasteiger partial charge in [0.05, 0.1) is 18.8 Å². The van der Waals surface area contributed by atoms with Gasteiger partial charge in [-0.1, -0.05) is 23.7 Å². The highest BCUT2D eigenvalue weighted by atomic mass is 35.5. The number of rotatable bonds is 4. The molecule has 0 spiro atoms. The Morgan fingerprint density at radius 2 is 2.10 bits per heavy atom. The average Bonchev–Trinajstić information content (AvgIpc) is 2.96. The van der Waals surface area contributed by atoms with E-state index in [1.165, 1.54) is 0 Å². The minimum Gasteiger partial charge on any atom is -0.387 e. The van der Waals surface area contributed by atoms with Crippen LogP contribution in [0.25, 0.3) is 11.5 Å². The van der Waals surface area contributed by atoms with Crippen molar-refractivity contribution in [3.63, 3.8) is 0 Å². The molecule has 1 aromatic carbocycles. The first-order valence-corrected chi connectivity index (χ1v) is 6.83. The van der Waals surface area contributed by atoms with Crippen molar-refractivity contribution in [1.82, 2.24) is 19.5 Å². The van der Waals surface area contributed by atoms with Crippen LogP contribution in [-0.2, 0) is 6.54 Å². The molecule has 0 unspecified atom stereocenters. The average molecular weight is 301 g/mol. The first-order valence-electron chi connectivity index (χ1n) is 6.45. The molecule has 1 atom stereocenters. The Balaban J connectivity index is 1.85. The molecule has 0 aliphatic heterocycles. The molecule has 2 aromatic heterocycles. The number of halogens is 1. The Bertz CT molecular complexity index is 729. The number of hydrogen-bond donors (Lipinski definition) is 1. The molecule has 0 fully saturated rings. The van der Waals surface area contributed by atoms with Gasteiger partial charge in [0.1, 0.15) is 5.69 Å². The summed E-state index contributed by atoms with van der Waals surface area (Å²) in [6.07, 6.45) is 7.67. The van der Waals surface area contributed by atoms with Crippen molar-refractivity contribution < 1.29 is 5.11 Å². The minimum absolute atomic E-state index is 0.367. The van der Waals surface area contributed by atoms with Gasteiger partial charge in [-0.15, -0.1) is 0 Å². The fourth-order valence-electron chi connectivity index (χ4n) is 2.11. The van der Waals surface area contributed by atoms with E-state index in [0.29, 0.717) is 23.1 Å². The molecule has 0 saturated carbocycles. The molecule has 0 aliphatic rings. The molecular formula is C15H13ClN4O. The quantitative estimate of drug-likeness (QED) is 0.804. The van der Waals surface area contributed by atoms with E-state index < -0.39 is 6.10 Å². The van der Waals surface area contributed by atoms with Crippen LogP contribution in [0.5, 0.6) is 0 Å². The monoisotopic (exact) mass is 300 g/mol. The second-order valence-electron chi connectivity index (χ2n) is 4.56. The van der Waals surface area contributed by atoms with Gasteiger partial charge >= 0.3 is 0 Å².